The van der Waals surface area contributed by atoms with E-state index in [1.165, 1.54) is 0 Å². The van der Waals surface area contributed by atoms with Gasteiger partial charge in [0.15, 0.2) is 5.76 Å². The molecule has 0 radical (unpaired) electrons. The Morgan fingerprint density at radius 3 is 2.50 bits per heavy atom. The number of nitrogens with one attached hydrogen (secondary N) is 1. The van der Waals surface area contributed by atoms with Crippen molar-refractivity contribution in [3.63, 3.8) is 0 Å². The smallest absolute Gasteiger partial charge is 0.246 e. The zero-order valence-corrected chi connectivity index (χ0v) is 12.0. The zero-order valence-electron chi connectivity index (χ0n) is 11.1. The van der Waals surface area contributed by atoms with Crippen LogP contribution in [0.2, 0.25) is 0 Å². The van der Waals surface area contributed by atoms with E-state index in [9.17, 15) is 13.5 Å². The number of aryl methyl sites for hydroxylation is 2. The van der Waals surface area contributed by atoms with Crippen molar-refractivity contribution >= 4 is 10.0 Å². The quantitative estimate of drug-likeness (QED) is 0.812. The van der Waals surface area contributed by atoms with E-state index >= 15 is 0 Å². The molecule has 0 saturated heterocycles. The van der Waals surface area contributed by atoms with Gasteiger partial charge in [0.05, 0.1) is 5.60 Å². The Balaban J connectivity index is 2.84. The Labute approximate surface area is 107 Å². The first-order valence-electron chi connectivity index (χ1n) is 5.84. The molecule has 0 spiro atoms. The first-order chi connectivity index (χ1) is 8.19. The van der Waals surface area contributed by atoms with Crippen LogP contribution in [0.5, 0.6) is 0 Å². The lowest BCUT2D eigenvalue weighted by molar-refractivity contribution is 0.0554. The highest BCUT2D eigenvalue weighted by Crippen LogP contribution is 2.19. The van der Waals surface area contributed by atoms with Crippen LogP contribution in [0.25, 0.3) is 0 Å². The predicted molar refractivity (Wildman–Crippen MR) is 66.7 cm³/mol. The van der Waals surface area contributed by atoms with Crippen molar-refractivity contribution in [1.82, 2.24) is 9.88 Å². The highest BCUT2D eigenvalue weighted by atomic mass is 32.2. The van der Waals surface area contributed by atoms with Gasteiger partial charge in [0.2, 0.25) is 10.0 Å². The molecule has 0 amide bonds. The van der Waals surface area contributed by atoms with Crippen molar-refractivity contribution in [2.45, 2.75) is 51.0 Å². The SMILES string of the molecule is CCCC(C)(O)CNS(=O)(=O)c1c(C)noc1C. The highest BCUT2D eigenvalue weighted by molar-refractivity contribution is 7.89. The van der Waals surface area contributed by atoms with Crippen molar-refractivity contribution in [2.75, 3.05) is 6.54 Å². The number of aromatic nitrogens is 1. The van der Waals surface area contributed by atoms with Crippen LogP contribution in [-0.4, -0.2) is 30.8 Å². The maximum atomic E-state index is 12.1. The molecule has 1 aromatic rings. The van der Waals surface area contributed by atoms with Crippen LogP contribution in [0.1, 0.15) is 38.1 Å². The molecule has 1 heterocycles. The van der Waals surface area contributed by atoms with Gasteiger partial charge < -0.3 is 9.63 Å². The largest absolute Gasteiger partial charge is 0.389 e. The van der Waals surface area contributed by atoms with Crippen LogP contribution in [-0.2, 0) is 10.0 Å². The first-order valence-corrected chi connectivity index (χ1v) is 7.33. The van der Waals surface area contributed by atoms with Gasteiger partial charge in [-0.25, -0.2) is 13.1 Å². The molecule has 0 aromatic carbocycles. The molecule has 0 aliphatic carbocycles. The fourth-order valence-corrected chi connectivity index (χ4v) is 3.30. The zero-order chi connectivity index (χ0) is 14.0. The van der Waals surface area contributed by atoms with Gasteiger partial charge in [-0.05, 0) is 27.2 Å². The molecule has 0 saturated carbocycles. The predicted octanol–water partition coefficient (Wildman–Crippen LogP) is 1.12. The summed E-state index contributed by atoms with van der Waals surface area (Å²) in [5.74, 6) is 0.245. The topological polar surface area (TPSA) is 92.4 Å². The fraction of sp³-hybridized carbons (Fsp3) is 0.727. The number of nitrogens with zero attached hydrogens (tertiary/aromatic N) is 1. The molecule has 0 aliphatic heterocycles. The molecule has 1 aromatic heterocycles. The second kappa shape index (κ2) is 5.38. The average Bonchev–Trinajstić information content (AvgIpc) is 2.56. The summed E-state index contributed by atoms with van der Waals surface area (Å²) >= 11 is 0. The Kier molecular flexibility index (Phi) is 4.52. The lowest BCUT2D eigenvalue weighted by Crippen LogP contribution is -2.40. The fourth-order valence-electron chi connectivity index (χ4n) is 1.81. The third-order valence-corrected chi connectivity index (χ3v) is 4.31. The van der Waals surface area contributed by atoms with Crippen molar-refractivity contribution < 1.29 is 18.0 Å². The summed E-state index contributed by atoms with van der Waals surface area (Å²) in [5, 5.41) is 13.6. The van der Waals surface area contributed by atoms with E-state index in [2.05, 4.69) is 9.88 Å². The third-order valence-electron chi connectivity index (χ3n) is 2.67. The summed E-state index contributed by atoms with van der Waals surface area (Å²) in [6.45, 7) is 6.60. The molecule has 6 nitrogen and oxygen atoms in total. The lowest BCUT2D eigenvalue weighted by Gasteiger charge is -2.22. The first kappa shape index (κ1) is 15.1. The maximum Gasteiger partial charge on any atom is 0.246 e. The summed E-state index contributed by atoms with van der Waals surface area (Å²) in [7, 11) is -3.70. The van der Waals surface area contributed by atoms with Crippen molar-refractivity contribution in [3.05, 3.63) is 11.5 Å². The summed E-state index contributed by atoms with van der Waals surface area (Å²) in [6, 6.07) is 0. The molecule has 0 bridgehead atoms. The Morgan fingerprint density at radius 1 is 1.44 bits per heavy atom. The maximum absolute atomic E-state index is 12.1. The van der Waals surface area contributed by atoms with Gasteiger partial charge in [0, 0.05) is 6.54 Å². The Hall–Kier alpha value is -0.920. The number of hydrogen-bond acceptors (Lipinski definition) is 5. The van der Waals surface area contributed by atoms with E-state index in [0.29, 0.717) is 12.1 Å². The molecule has 104 valence electrons. The second-order valence-electron chi connectivity index (χ2n) is 4.72. The standard InChI is InChI=1S/C11H20N2O4S/c1-5-6-11(4,14)7-12-18(15,16)10-8(2)13-17-9(10)3/h12,14H,5-7H2,1-4H3. The molecule has 0 aliphatic rings. The molecule has 7 heteroatoms. The molecule has 1 unspecified atom stereocenters. The molecule has 2 N–H and O–H groups in total. The van der Waals surface area contributed by atoms with Crippen LogP contribution < -0.4 is 4.72 Å². The number of sulfonamides is 1. The van der Waals surface area contributed by atoms with Crippen molar-refractivity contribution in [1.29, 1.82) is 0 Å². The summed E-state index contributed by atoms with van der Waals surface area (Å²) < 4.78 is 31.3. The van der Waals surface area contributed by atoms with Gasteiger partial charge in [0.1, 0.15) is 10.6 Å². The number of aliphatic hydroxyl groups is 1. The van der Waals surface area contributed by atoms with Crippen LogP contribution in [0, 0.1) is 13.8 Å². The van der Waals surface area contributed by atoms with Gasteiger partial charge in [-0.15, -0.1) is 0 Å². The van der Waals surface area contributed by atoms with E-state index < -0.39 is 15.6 Å². The number of rotatable bonds is 6. The molecular weight excluding hydrogens is 256 g/mol. The van der Waals surface area contributed by atoms with Crippen molar-refractivity contribution in [2.24, 2.45) is 0 Å². The molecular formula is C11H20N2O4S. The third kappa shape index (κ3) is 3.54. The van der Waals surface area contributed by atoms with Crippen molar-refractivity contribution in [3.8, 4) is 0 Å². The van der Waals surface area contributed by atoms with E-state index in [0.717, 1.165) is 6.42 Å². The normalized spacial score (nSPS) is 15.6. The Bertz CT molecular complexity index is 486. The van der Waals surface area contributed by atoms with E-state index in [1.54, 1.807) is 20.8 Å². The van der Waals surface area contributed by atoms with Gasteiger partial charge >= 0.3 is 0 Å². The van der Waals surface area contributed by atoms with Crippen LogP contribution >= 0.6 is 0 Å². The average molecular weight is 276 g/mol. The molecule has 1 atom stereocenters. The second-order valence-corrected chi connectivity index (χ2v) is 6.43. The Morgan fingerprint density at radius 2 is 2.06 bits per heavy atom. The summed E-state index contributed by atoms with van der Waals surface area (Å²) in [6.07, 6.45) is 1.30. The van der Waals surface area contributed by atoms with Gasteiger partial charge in [0.25, 0.3) is 0 Å². The van der Waals surface area contributed by atoms with E-state index in [1.807, 2.05) is 6.92 Å². The highest BCUT2D eigenvalue weighted by Gasteiger charge is 2.27. The minimum absolute atomic E-state index is 0.0345. The van der Waals surface area contributed by atoms with Crippen LogP contribution in [0.4, 0.5) is 0 Å². The van der Waals surface area contributed by atoms with Gasteiger partial charge in [-0.2, -0.15) is 0 Å². The number of hydrogen-bond donors (Lipinski definition) is 2. The molecule has 18 heavy (non-hydrogen) atoms. The summed E-state index contributed by atoms with van der Waals surface area (Å²) in [4.78, 5) is 0.0507. The molecule has 0 fully saturated rings. The monoisotopic (exact) mass is 276 g/mol. The van der Waals surface area contributed by atoms with Gasteiger partial charge in [-0.1, -0.05) is 18.5 Å². The van der Waals surface area contributed by atoms with E-state index in [4.69, 9.17) is 4.52 Å². The molecule has 1 rings (SSSR count). The van der Waals surface area contributed by atoms with Crippen LogP contribution in [0.3, 0.4) is 0 Å². The minimum Gasteiger partial charge on any atom is -0.389 e. The van der Waals surface area contributed by atoms with Gasteiger partial charge in [-0.3, -0.25) is 0 Å². The lowest BCUT2D eigenvalue weighted by atomic mass is 10.0. The van der Waals surface area contributed by atoms with E-state index in [-0.39, 0.29) is 17.2 Å². The minimum atomic E-state index is -3.70. The van der Waals surface area contributed by atoms with Crippen LogP contribution in [0.15, 0.2) is 9.42 Å². The summed E-state index contributed by atoms with van der Waals surface area (Å²) in [5.41, 5.74) is -0.740.